The third-order valence-electron chi connectivity index (χ3n) is 6.52. The number of hydrogen-bond acceptors (Lipinski definition) is 8. The summed E-state index contributed by atoms with van der Waals surface area (Å²) in [5, 5.41) is 13.2. The first-order valence-electron chi connectivity index (χ1n) is 12.2. The molecule has 4 rings (SSSR count). The van der Waals surface area contributed by atoms with Crippen molar-refractivity contribution in [3.05, 3.63) is 54.8 Å². The van der Waals surface area contributed by atoms with Crippen LogP contribution < -0.4 is 9.61 Å². The van der Waals surface area contributed by atoms with Gasteiger partial charge in [0.15, 0.2) is 11.9 Å². The van der Waals surface area contributed by atoms with Gasteiger partial charge in [0.05, 0.1) is 13.0 Å². The Morgan fingerprint density at radius 3 is 2.70 bits per heavy atom. The first-order chi connectivity index (χ1) is 17.5. The van der Waals surface area contributed by atoms with E-state index in [-0.39, 0.29) is 18.3 Å². The molecular formula is C25H32FN2O8P. The Hall–Kier alpha value is -2.56. The van der Waals surface area contributed by atoms with Gasteiger partial charge in [-0.2, -0.15) is 5.09 Å². The zero-order chi connectivity index (χ0) is 26.8. The standard InChI is InChI=1S/C25H32FN2O8P/c1-16-12-13-28(21(29)14-16)24-25(3,26)22(30)20(35-24)15-33-37(32,36-19-8-5-4-6-9-19)27-17(2)23(31)34-18-10-7-11-18/h4-6,8-9,12-13,17-18,20,22,24,30H,1,7,10-11,14-15H2,2-3H3,(H,27,32)/t17-,20+,22+,24+,25+,37+/m0/s1. The number of nitrogens with one attached hydrogen (secondary N) is 1. The Labute approximate surface area is 215 Å². The van der Waals surface area contributed by atoms with E-state index in [1.54, 1.807) is 36.4 Å². The second-order valence-corrected chi connectivity index (χ2v) is 11.3. The van der Waals surface area contributed by atoms with E-state index < -0.39 is 56.4 Å². The maximum Gasteiger partial charge on any atom is 0.459 e. The molecule has 10 nitrogen and oxygen atoms in total. The van der Waals surface area contributed by atoms with Crippen LogP contribution in [0.25, 0.3) is 0 Å². The number of aliphatic hydroxyl groups is 1. The minimum atomic E-state index is -4.25. The number of aliphatic hydroxyl groups excluding tert-OH is 1. The first-order valence-corrected chi connectivity index (χ1v) is 13.7. The van der Waals surface area contributed by atoms with Crippen LogP contribution in [0.15, 0.2) is 54.8 Å². The molecule has 1 aromatic rings. The Morgan fingerprint density at radius 2 is 2.08 bits per heavy atom. The quantitative estimate of drug-likeness (QED) is 0.341. The molecule has 1 aliphatic carbocycles. The van der Waals surface area contributed by atoms with Crippen LogP contribution in [0.4, 0.5) is 4.39 Å². The molecule has 0 bridgehead atoms. The van der Waals surface area contributed by atoms with Crippen molar-refractivity contribution in [3.8, 4) is 5.75 Å². The molecule has 1 saturated carbocycles. The van der Waals surface area contributed by atoms with Gasteiger partial charge in [0.1, 0.15) is 30.1 Å². The lowest BCUT2D eigenvalue weighted by molar-refractivity contribution is -0.154. The van der Waals surface area contributed by atoms with Crippen molar-refractivity contribution in [2.75, 3.05) is 6.61 Å². The van der Waals surface area contributed by atoms with E-state index in [1.165, 1.54) is 13.1 Å². The number of benzene rings is 1. The van der Waals surface area contributed by atoms with Crippen LogP contribution >= 0.6 is 7.75 Å². The summed E-state index contributed by atoms with van der Waals surface area (Å²) >= 11 is 0. The molecule has 2 heterocycles. The lowest BCUT2D eigenvalue weighted by Crippen LogP contribution is -2.51. The van der Waals surface area contributed by atoms with E-state index in [9.17, 15) is 19.3 Å². The number of para-hydroxylation sites is 1. The van der Waals surface area contributed by atoms with Gasteiger partial charge in [-0.15, -0.1) is 0 Å². The van der Waals surface area contributed by atoms with E-state index in [4.69, 9.17) is 18.5 Å². The molecule has 0 unspecified atom stereocenters. The lowest BCUT2D eigenvalue weighted by Gasteiger charge is -2.33. The lowest BCUT2D eigenvalue weighted by atomic mass is 9.96. The monoisotopic (exact) mass is 538 g/mol. The number of carbonyl (C=O) groups is 2. The topological polar surface area (TPSA) is 124 Å². The molecule has 0 radical (unpaired) electrons. The van der Waals surface area contributed by atoms with Gasteiger partial charge in [0.2, 0.25) is 5.91 Å². The van der Waals surface area contributed by atoms with Crippen molar-refractivity contribution >= 4 is 19.6 Å². The van der Waals surface area contributed by atoms with Crippen LogP contribution in [0.2, 0.25) is 0 Å². The van der Waals surface area contributed by atoms with Gasteiger partial charge in [0, 0.05) is 6.20 Å². The fraction of sp³-hybridized carbons (Fsp3) is 0.520. The predicted molar refractivity (Wildman–Crippen MR) is 131 cm³/mol. The van der Waals surface area contributed by atoms with Crippen molar-refractivity contribution in [1.29, 1.82) is 0 Å². The second-order valence-electron chi connectivity index (χ2n) is 9.61. The number of ether oxygens (including phenoxy) is 2. The van der Waals surface area contributed by atoms with E-state index in [2.05, 4.69) is 11.7 Å². The molecule has 12 heteroatoms. The molecule has 2 N–H and O–H groups in total. The number of rotatable bonds is 10. The highest BCUT2D eigenvalue weighted by Gasteiger charge is 2.57. The number of esters is 1. The number of amides is 1. The summed E-state index contributed by atoms with van der Waals surface area (Å²) in [4.78, 5) is 26.0. The molecule has 202 valence electrons. The van der Waals surface area contributed by atoms with E-state index in [0.717, 1.165) is 31.1 Å². The van der Waals surface area contributed by atoms with Gasteiger partial charge < -0.3 is 19.1 Å². The van der Waals surface area contributed by atoms with Gasteiger partial charge in [-0.05, 0) is 56.9 Å². The van der Waals surface area contributed by atoms with Crippen LogP contribution in [0.5, 0.6) is 5.75 Å². The molecule has 0 aromatic heterocycles. The molecule has 2 fully saturated rings. The highest BCUT2D eigenvalue weighted by atomic mass is 31.2. The number of nitrogens with zero attached hydrogens (tertiary/aromatic N) is 1. The number of carbonyl (C=O) groups excluding carboxylic acids is 2. The van der Waals surface area contributed by atoms with Crippen LogP contribution in [0.3, 0.4) is 0 Å². The maximum atomic E-state index is 15.6. The average molecular weight is 539 g/mol. The summed E-state index contributed by atoms with van der Waals surface area (Å²) in [6.07, 6.45) is 0.815. The molecule has 6 atom stereocenters. The Balaban J connectivity index is 1.46. The maximum absolute atomic E-state index is 15.6. The highest BCUT2D eigenvalue weighted by Crippen LogP contribution is 2.47. The minimum absolute atomic E-state index is 0.0113. The summed E-state index contributed by atoms with van der Waals surface area (Å²) in [5.74, 6) is -0.854. The molecule has 0 spiro atoms. The molecular weight excluding hydrogens is 506 g/mol. The number of halogens is 1. The molecule has 1 saturated heterocycles. The largest absolute Gasteiger partial charge is 0.461 e. The van der Waals surface area contributed by atoms with E-state index in [0.29, 0.717) is 5.57 Å². The Kier molecular flexibility index (Phi) is 8.20. The third-order valence-corrected chi connectivity index (χ3v) is 8.17. The summed E-state index contributed by atoms with van der Waals surface area (Å²) in [7, 11) is -4.25. The number of alkyl halides is 1. The van der Waals surface area contributed by atoms with Gasteiger partial charge in [-0.1, -0.05) is 24.8 Å². The summed E-state index contributed by atoms with van der Waals surface area (Å²) in [6, 6.07) is 7.11. The normalized spacial score (nSPS) is 30.5. The summed E-state index contributed by atoms with van der Waals surface area (Å²) in [5.41, 5.74) is -1.79. The van der Waals surface area contributed by atoms with Crippen molar-refractivity contribution in [2.45, 2.75) is 75.8 Å². The van der Waals surface area contributed by atoms with Gasteiger partial charge in [0.25, 0.3) is 0 Å². The third kappa shape index (κ3) is 6.30. The Bertz CT molecular complexity index is 1090. The van der Waals surface area contributed by atoms with Crippen molar-refractivity contribution < 1.29 is 42.2 Å². The van der Waals surface area contributed by atoms with Crippen molar-refractivity contribution in [2.24, 2.45) is 0 Å². The summed E-state index contributed by atoms with van der Waals surface area (Å²) < 4.78 is 51.4. The fourth-order valence-electron chi connectivity index (χ4n) is 4.10. The molecule has 3 aliphatic rings. The Morgan fingerprint density at radius 1 is 1.38 bits per heavy atom. The SMILES string of the molecule is C=C1C=CN([C@@H]2O[C@H](CO[P@](=O)(N[C@@H](C)C(=O)OC3CCC3)Oc3ccccc3)[C@@H](O)[C@@]2(C)F)C(=O)C1. The first kappa shape index (κ1) is 27.5. The van der Waals surface area contributed by atoms with Crippen LogP contribution in [-0.4, -0.2) is 64.7 Å². The number of allylic oxidation sites excluding steroid dienone is 1. The zero-order valence-corrected chi connectivity index (χ0v) is 21.6. The van der Waals surface area contributed by atoms with Crippen LogP contribution in [0.1, 0.15) is 39.5 Å². The molecule has 1 aromatic carbocycles. The van der Waals surface area contributed by atoms with Gasteiger partial charge in [-0.3, -0.25) is 19.0 Å². The van der Waals surface area contributed by atoms with Crippen LogP contribution in [-0.2, 0) is 28.2 Å². The van der Waals surface area contributed by atoms with Gasteiger partial charge >= 0.3 is 13.7 Å². The van der Waals surface area contributed by atoms with E-state index in [1.807, 2.05) is 0 Å². The fourth-order valence-corrected chi connectivity index (χ4v) is 5.60. The second kappa shape index (κ2) is 11.0. The van der Waals surface area contributed by atoms with E-state index >= 15 is 4.39 Å². The van der Waals surface area contributed by atoms with Crippen molar-refractivity contribution in [3.63, 3.8) is 0 Å². The molecule has 37 heavy (non-hydrogen) atoms. The minimum Gasteiger partial charge on any atom is -0.461 e. The molecule has 1 amide bonds. The summed E-state index contributed by atoms with van der Waals surface area (Å²) in [6.45, 7) is 5.74. The highest BCUT2D eigenvalue weighted by molar-refractivity contribution is 7.52. The number of hydrogen-bond donors (Lipinski definition) is 2. The van der Waals surface area contributed by atoms with Crippen LogP contribution in [0, 0.1) is 0 Å². The van der Waals surface area contributed by atoms with Crippen molar-refractivity contribution in [1.82, 2.24) is 9.99 Å². The average Bonchev–Trinajstić information content (AvgIpc) is 3.04. The molecule has 2 aliphatic heterocycles. The predicted octanol–water partition coefficient (Wildman–Crippen LogP) is 3.38. The van der Waals surface area contributed by atoms with Gasteiger partial charge in [-0.25, -0.2) is 8.96 Å². The smallest absolute Gasteiger partial charge is 0.459 e. The zero-order valence-electron chi connectivity index (χ0n) is 20.7.